The van der Waals surface area contributed by atoms with E-state index >= 15 is 0 Å². The lowest BCUT2D eigenvalue weighted by Crippen LogP contribution is -2.05. The summed E-state index contributed by atoms with van der Waals surface area (Å²) in [5.41, 5.74) is 17.5. The van der Waals surface area contributed by atoms with Gasteiger partial charge in [-0.15, -0.1) is 0 Å². The van der Waals surface area contributed by atoms with E-state index in [2.05, 4.69) is 48.1 Å². The Morgan fingerprint density at radius 3 is 2.21 bits per heavy atom. The summed E-state index contributed by atoms with van der Waals surface area (Å²) >= 11 is 0. The fraction of sp³-hybridized carbons (Fsp3) is 0.105. The predicted octanol–water partition coefficient (Wildman–Crippen LogP) is 3.46. The minimum atomic E-state index is 0.0540. The molecule has 4 N–H and O–H groups in total. The van der Waals surface area contributed by atoms with Gasteiger partial charge in [0, 0.05) is 5.56 Å². The average Bonchev–Trinajstić information content (AvgIpc) is 2.53. The Bertz CT molecular complexity index is 950. The third-order valence-electron chi connectivity index (χ3n) is 3.76. The summed E-state index contributed by atoms with van der Waals surface area (Å²) in [6.07, 6.45) is 0. The Hall–Kier alpha value is -3.39. The summed E-state index contributed by atoms with van der Waals surface area (Å²) < 4.78 is 0. The summed E-state index contributed by atoms with van der Waals surface area (Å²) in [7, 11) is 0. The number of hydrogen-bond acceptors (Lipinski definition) is 5. The van der Waals surface area contributed by atoms with Crippen LogP contribution in [0.2, 0.25) is 0 Å². The molecule has 1 heterocycles. The summed E-state index contributed by atoms with van der Waals surface area (Å²) in [6, 6.07) is 16.3. The van der Waals surface area contributed by atoms with Gasteiger partial charge in [0.15, 0.2) is 0 Å². The molecule has 3 rings (SSSR count). The summed E-state index contributed by atoms with van der Waals surface area (Å²) in [6.45, 7) is 4.14. The van der Waals surface area contributed by atoms with Gasteiger partial charge in [-0.1, -0.05) is 47.5 Å². The monoisotopic (exact) mass is 315 g/mol. The first-order valence-corrected chi connectivity index (χ1v) is 7.50. The summed E-state index contributed by atoms with van der Waals surface area (Å²) in [5.74, 6) is 0.148. The molecule has 24 heavy (non-hydrogen) atoms. The zero-order valence-corrected chi connectivity index (χ0v) is 13.5. The molecular weight excluding hydrogens is 298 g/mol. The molecule has 0 aliphatic rings. The summed E-state index contributed by atoms with van der Waals surface area (Å²) in [5, 5.41) is 9.36. The van der Waals surface area contributed by atoms with Gasteiger partial charge in [0.1, 0.15) is 17.5 Å². The molecule has 5 heteroatoms. The lowest BCUT2D eigenvalue weighted by molar-refractivity contribution is 1.18. The van der Waals surface area contributed by atoms with E-state index in [4.69, 9.17) is 11.5 Å². The minimum absolute atomic E-state index is 0.0540. The van der Waals surface area contributed by atoms with Crippen molar-refractivity contribution in [3.63, 3.8) is 0 Å². The number of nitrogen functional groups attached to an aromatic ring is 2. The van der Waals surface area contributed by atoms with Crippen molar-refractivity contribution in [2.45, 2.75) is 13.8 Å². The van der Waals surface area contributed by atoms with E-state index in [0.717, 1.165) is 16.7 Å². The van der Waals surface area contributed by atoms with Crippen molar-refractivity contribution in [1.82, 2.24) is 9.97 Å². The number of aromatic nitrogens is 2. The maximum absolute atomic E-state index is 9.36. The van der Waals surface area contributed by atoms with Crippen LogP contribution in [-0.4, -0.2) is 9.97 Å². The van der Waals surface area contributed by atoms with Crippen molar-refractivity contribution in [3.05, 3.63) is 59.2 Å². The molecule has 0 saturated carbocycles. The highest BCUT2D eigenvalue weighted by molar-refractivity contribution is 5.77. The first-order valence-electron chi connectivity index (χ1n) is 7.50. The molecule has 0 amide bonds. The Kier molecular flexibility index (Phi) is 3.88. The SMILES string of the molecule is Cc1cc(C)cc(-c2cccc(-c3nc(N)nc(N)c3C#N)c2)c1. The highest BCUT2D eigenvalue weighted by atomic mass is 15.0. The fourth-order valence-corrected chi connectivity index (χ4v) is 2.80. The third kappa shape index (κ3) is 2.90. The maximum Gasteiger partial charge on any atom is 0.222 e. The van der Waals surface area contributed by atoms with Crippen molar-refractivity contribution in [3.8, 4) is 28.5 Å². The van der Waals surface area contributed by atoms with Gasteiger partial charge in [-0.2, -0.15) is 10.2 Å². The molecule has 0 saturated heterocycles. The largest absolute Gasteiger partial charge is 0.382 e. The predicted molar refractivity (Wildman–Crippen MR) is 95.9 cm³/mol. The fourth-order valence-electron chi connectivity index (χ4n) is 2.80. The van der Waals surface area contributed by atoms with Crippen LogP contribution >= 0.6 is 0 Å². The smallest absolute Gasteiger partial charge is 0.222 e. The van der Waals surface area contributed by atoms with Crippen LogP contribution in [0.5, 0.6) is 0 Å². The minimum Gasteiger partial charge on any atom is -0.382 e. The van der Waals surface area contributed by atoms with Crippen LogP contribution in [0, 0.1) is 25.2 Å². The molecular formula is C19H17N5. The standard InChI is InChI=1S/C19H17N5/c1-11-6-12(2)8-15(7-11)13-4-3-5-14(9-13)17-16(10-20)18(21)24-19(22)23-17/h3-9H,1-2H3,(H4,21,22,23,24). The van der Waals surface area contributed by atoms with Crippen LogP contribution in [0.25, 0.3) is 22.4 Å². The van der Waals surface area contributed by atoms with Crippen LogP contribution in [0.3, 0.4) is 0 Å². The number of nitrogens with two attached hydrogens (primary N) is 2. The van der Waals surface area contributed by atoms with Crippen molar-refractivity contribution in [2.75, 3.05) is 11.5 Å². The van der Waals surface area contributed by atoms with E-state index in [1.165, 1.54) is 11.1 Å². The number of aryl methyl sites for hydroxylation is 2. The molecule has 0 unspecified atom stereocenters. The van der Waals surface area contributed by atoms with Crippen molar-refractivity contribution in [1.29, 1.82) is 5.26 Å². The molecule has 0 aliphatic heterocycles. The van der Waals surface area contributed by atoms with Crippen LogP contribution in [0.4, 0.5) is 11.8 Å². The normalized spacial score (nSPS) is 10.4. The Morgan fingerprint density at radius 2 is 1.54 bits per heavy atom. The van der Waals surface area contributed by atoms with Gasteiger partial charge in [0.05, 0.1) is 5.69 Å². The highest BCUT2D eigenvalue weighted by Crippen LogP contribution is 2.30. The number of anilines is 2. The van der Waals surface area contributed by atoms with Crippen LogP contribution < -0.4 is 11.5 Å². The van der Waals surface area contributed by atoms with E-state index < -0.39 is 0 Å². The highest BCUT2D eigenvalue weighted by Gasteiger charge is 2.13. The molecule has 0 fully saturated rings. The first kappa shape index (κ1) is 15.5. The molecule has 0 spiro atoms. The lowest BCUT2D eigenvalue weighted by atomic mass is 9.97. The van der Waals surface area contributed by atoms with E-state index in [1.807, 2.05) is 24.3 Å². The zero-order chi connectivity index (χ0) is 17.3. The van der Waals surface area contributed by atoms with Crippen LogP contribution in [-0.2, 0) is 0 Å². The van der Waals surface area contributed by atoms with Gasteiger partial charge >= 0.3 is 0 Å². The second kappa shape index (κ2) is 6.01. The third-order valence-corrected chi connectivity index (χ3v) is 3.76. The van der Waals surface area contributed by atoms with Gasteiger partial charge in [0.2, 0.25) is 5.95 Å². The molecule has 2 aromatic carbocycles. The Morgan fingerprint density at radius 1 is 0.875 bits per heavy atom. The average molecular weight is 315 g/mol. The van der Waals surface area contributed by atoms with E-state index in [-0.39, 0.29) is 17.3 Å². The quantitative estimate of drug-likeness (QED) is 0.754. The number of nitrogens with zero attached hydrogens (tertiary/aromatic N) is 3. The second-order valence-electron chi connectivity index (χ2n) is 5.76. The van der Waals surface area contributed by atoms with Crippen LogP contribution in [0.15, 0.2) is 42.5 Å². The van der Waals surface area contributed by atoms with E-state index in [9.17, 15) is 5.26 Å². The van der Waals surface area contributed by atoms with E-state index in [1.54, 1.807) is 0 Å². The van der Waals surface area contributed by atoms with Gasteiger partial charge in [-0.25, -0.2) is 4.98 Å². The molecule has 0 bridgehead atoms. The second-order valence-corrected chi connectivity index (χ2v) is 5.76. The molecule has 118 valence electrons. The van der Waals surface area contributed by atoms with E-state index in [0.29, 0.717) is 5.69 Å². The number of nitriles is 1. The maximum atomic E-state index is 9.36. The van der Waals surface area contributed by atoms with Crippen molar-refractivity contribution < 1.29 is 0 Å². The molecule has 5 nitrogen and oxygen atoms in total. The Labute approximate surface area is 140 Å². The van der Waals surface area contributed by atoms with Gasteiger partial charge < -0.3 is 11.5 Å². The zero-order valence-electron chi connectivity index (χ0n) is 13.5. The molecule has 3 aromatic rings. The topological polar surface area (TPSA) is 102 Å². The number of rotatable bonds is 2. The van der Waals surface area contributed by atoms with Crippen molar-refractivity contribution in [2.24, 2.45) is 0 Å². The molecule has 0 radical (unpaired) electrons. The lowest BCUT2D eigenvalue weighted by Gasteiger charge is -2.10. The van der Waals surface area contributed by atoms with Gasteiger partial charge in [0.25, 0.3) is 0 Å². The first-order chi connectivity index (χ1) is 11.5. The summed E-state index contributed by atoms with van der Waals surface area (Å²) in [4.78, 5) is 8.07. The van der Waals surface area contributed by atoms with Crippen LogP contribution in [0.1, 0.15) is 16.7 Å². The van der Waals surface area contributed by atoms with Crippen molar-refractivity contribution >= 4 is 11.8 Å². The van der Waals surface area contributed by atoms with Gasteiger partial charge in [-0.3, -0.25) is 0 Å². The molecule has 0 aliphatic carbocycles. The molecule has 1 aromatic heterocycles. The Balaban J connectivity index is 2.18. The number of hydrogen-bond donors (Lipinski definition) is 2. The van der Waals surface area contributed by atoms with Gasteiger partial charge in [-0.05, 0) is 31.0 Å². The molecule has 0 atom stereocenters. The number of benzene rings is 2.